The number of benzene rings is 2. The van der Waals surface area contributed by atoms with Gasteiger partial charge in [-0.25, -0.2) is 0 Å². The maximum atomic E-state index is 5.65. The molecule has 1 aliphatic heterocycles. The smallest absolute Gasteiger partial charge is 0.131 e. The van der Waals surface area contributed by atoms with Crippen molar-refractivity contribution < 1.29 is 9.47 Å². The van der Waals surface area contributed by atoms with Gasteiger partial charge >= 0.3 is 0 Å². The van der Waals surface area contributed by atoms with E-state index >= 15 is 0 Å². The Kier molecular flexibility index (Phi) is 4.17. The van der Waals surface area contributed by atoms with E-state index in [1.807, 2.05) is 36.4 Å². The average molecular weight is 278 g/mol. The first-order chi connectivity index (χ1) is 10.4. The van der Waals surface area contributed by atoms with Gasteiger partial charge < -0.3 is 9.47 Å². The van der Waals surface area contributed by atoms with Crippen molar-refractivity contribution in [3.05, 3.63) is 82.9 Å². The Labute approximate surface area is 125 Å². The predicted octanol–water partition coefficient (Wildman–Crippen LogP) is 4.16. The second-order valence-electron chi connectivity index (χ2n) is 4.95. The van der Waals surface area contributed by atoms with Gasteiger partial charge in [0.1, 0.15) is 5.76 Å². The summed E-state index contributed by atoms with van der Waals surface area (Å²) >= 11 is 0. The molecule has 1 aliphatic rings. The molecule has 0 radical (unpaired) electrons. The summed E-state index contributed by atoms with van der Waals surface area (Å²) in [6, 6.07) is 20.5. The molecule has 21 heavy (non-hydrogen) atoms. The van der Waals surface area contributed by atoms with Crippen LogP contribution >= 0.6 is 0 Å². The Morgan fingerprint density at radius 3 is 2.29 bits per heavy atom. The molecule has 2 aromatic rings. The summed E-state index contributed by atoms with van der Waals surface area (Å²) in [4.78, 5) is 0. The topological polar surface area (TPSA) is 18.5 Å². The summed E-state index contributed by atoms with van der Waals surface area (Å²) in [6.45, 7) is 1.22. The van der Waals surface area contributed by atoms with E-state index in [2.05, 4.69) is 30.3 Å². The molecule has 0 unspecified atom stereocenters. The molecule has 2 nitrogen and oxygen atoms in total. The van der Waals surface area contributed by atoms with Crippen molar-refractivity contribution in [3.8, 4) is 0 Å². The molecule has 0 atom stereocenters. The van der Waals surface area contributed by atoms with E-state index in [9.17, 15) is 0 Å². The molecule has 3 rings (SSSR count). The summed E-state index contributed by atoms with van der Waals surface area (Å²) in [5.74, 6) is 0.898. The highest BCUT2D eigenvalue weighted by Gasteiger charge is 2.20. The minimum absolute atomic E-state index is 0.594. The van der Waals surface area contributed by atoms with Crippen molar-refractivity contribution in [2.24, 2.45) is 0 Å². The van der Waals surface area contributed by atoms with Crippen molar-refractivity contribution in [3.63, 3.8) is 0 Å². The van der Waals surface area contributed by atoms with E-state index in [1.165, 1.54) is 11.1 Å². The lowest BCUT2D eigenvalue weighted by molar-refractivity contribution is 0.214. The maximum absolute atomic E-state index is 5.65. The summed E-state index contributed by atoms with van der Waals surface area (Å²) in [7, 11) is 1.72. The first-order valence-electron chi connectivity index (χ1n) is 7.05. The maximum Gasteiger partial charge on any atom is 0.131 e. The van der Waals surface area contributed by atoms with Crippen LogP contribution in [-0.4, -0.2) is 20.3 Å². The molecule has 0 N–H and O–H groups in total. The molecular weight excluding hydrogens is 260 g/mol. The summed E-state index contributed by atoms with van der Waals surface area (Å²) < 4.78 is 11.3. The third kappa shape index (κ3) is 3.06. The normalized spacial score (nSPS) is 18.8. The fourth-order valence-electron chi connectivity index (χ4n) is 2.54. The quantitative estimate of drug-likeness (QED) is 0.785. The van der Waals surface area contributed by atoms with E-state index in [4.69, 9.17) is 9.47 Å². The van der Waals surface area contributed by atoms with Crippen molar-refractivity contribution in [2.75, 3.05) is 20.3 Å². The van der Waals surface area contributed by atoms with Gasteiger partial charge in [-0.1, -0.05) is 60.7 Å². The van der Waals surface area contributed by atoms with Crippen LogP contribution in [0.4, 0.5) is 0 Å². The molecule has 0 aromatic heterocycles. The lowest BCUT2D eigenvalue weighted by atomic mass is 10.0. The van der Waals surface area contributed by atoms with Gasteiger partial charge in [0.25, 0.3) is 0 Å². The average Bonchev–Trinajstić information content (AvgIpc) is 2.98. The van der Waals surface area contributed by atoms with Crippen molar-refractivity contribution >= 4 is 11.8 Å². The van der Waals surface area contributed by atoms with Crippen molar-refractivity contribution in [1.29, 1.82) is 0 Å². The monoisotopic (exact) mass is 278 g/mol. The molecule has 1 heterocycles. The molecule has 0 spiro atoms. The molecule has 106 valence electrons. The van der Waals surface area contributed by atoms with E-state index in [0.717, 1.165) is 16.9 Å². The van der Waals surface area contributed by atoms with Crippen LogP contribution in [0, 0.1) is 0 Å². The third-order valence-electron chi connectivity index (χ3n) is 3.55. The molecule has 0 bridgehead atoms. The van der Waals surface area contributed by atoms with Gasteiger partial charge in [-0.3, -0.25) is 0 Å². The van der Waals surface area contributed by atoms with Gasteiger partial charge in [-0.05, 0) is 17.2 Å². The largest absolute Gasteiger partial charge is 0.496 e. The molecule has 2 heteroatoms. The zero-order valence-electron chi connectivity index (χ0n) is 12.1. The highest BCUT2D eigenvalue weighted by molar-refractivity contribution is 5.73. The molecular formula is C19H18O2. The highest BCUT2D eigenvalue weighted by Crippen LogP contribution is 2.30. The van der Waals surface area contributed by atoms with Crippen LogP contribution < -0.4 is 0 Å². The van der Waals surface area contributed by atoms with Crippen LogP contribution in [0.2, 0.25) is 0 Å². The Morgan fingerprint density at radius 2 is 1.62 bits per heavy atom. The number of ether oxygens (including phenoxy) is 2. The van der Waals surface area contributed by atoms with Crippen LogP contribution in [0.25, 0.3) is 11.8 Å². The fraction of sp³-hybridized carbons (Fsp3) is 0.158. The lowest BCUT2D eigenvalue weighted by Gasteiger charge is -2.10. The third-order valence-corrected chi connectivity index (χ3v) is 3.55. The molecule has 2 aromatic carbocycles. The molecule has 0 aliphatic carbocycles. The van der Waals surface area contributed by atoms with E-state index in [-0.39, 0.29) is 0 Å². The molecule has 0 amide bonds. The standard InChI is InChI=1S/C19H18O2/c1-20-19(16-10-6-3-7-11-16)18-14-21-13-17(18)12-15-8-4-2-5-9-15/h2-12H,13-14H2,1H3/b17-12+,19-18+. The Morgan fingerprint density at radius 1 is 0.952 bits per heavy atom. The SMILES string of the molecule is CO/C(=C1\COC\C1=C/c1ccccc1)c1ccccc1. The molecule has 0 saturated carbocycles. The zero-order valence-corrected chi connectivity index (χ0v) is 12.1. The first-order valence-corrected chi connectivity index (χ1v) is 7.05. The van der Waals surface area contributed by atoms with Crippen LogP contribution in [-0.2, 0) is 9.47 Å². The van der Waals surface area contributed by atoms with Crippen LogP contribution in [0.5, 0.6) is 0 Å². The summed E-state index contributed by atoms with van der Waals surface area (Å²) in [6.07, 6.45) is 2.17. The van der Waals surface area contributed by atoms with Gasteiger partial charge in [0.05, 0.1) is 20.3 Å². The molecule has 1 fully saturated rings. The summed E-state index contributed by atoms with van der Waals surface area (Å²) in [5, 5.41) is 0. The van der Waals surface area contributed by atoms with Crippen LogP contribution in [0.1, 0.15) is 11.1 Å². The second-order valence-corrected chi connectivity index (χ2v) is 4.95. The van der Waals surface area contributed by atoms with Crippen LogP contribution in [0.15, 0.2) is 71.8 Å². The molecule has 1 saturated heterocycles. The van der Waals surface area contributed by atoms with E-state index in [1.54, 1.807) is 7.11 Å². The number of rotatable bonds is 3. The zero-order chi connectivity index (χ0) is 14.5. The first kappa shape index (κ1) is 13.7. The summed E-state index contributed by atoms with van der Waals surface area (Å²) in [5.41, 5.74) is 4.58. The lowest BCUT2D eigenvalue weighted by Crippen LogP contribution is -1.96. The van der Waals surface area contributed by atoms with E-state index in [0.29, 0.717) is 13.2 Å². The van der Waals surface area contributed by atoms with Gasteiger partial charge in [0.2, 0.25) is 0 Å². The fourth-order valence-corrected chi connectivity index (χ4v) is 2.54. The Bertz CT molecular complexity index is 654. The predicted molar refractivity (Wildman–Crippen MR) is 85.6 cm³/mol. The van der Waals surface area contributed by atoms with Gasteiger partial charge in [0, 0.05) is 11.1 Å². The number of methoxy groups -OCH3 is 1. The van der Waals surface area contributed by atoms with Gasteiger partial charge in [0.15, 0.2) is 0 Å². The van der Waals surface area contributed by atoms with Crippen molar-refractivity contribution in [2.45, 2.75) is 0 Å². The van der Waals surface area contributed by atoms with Crippen LogP contribution in [0.3, 0.4) is 0 Å². The number of hydrogen-bond acceptors (Lipinski definition) is 2. The van der Waals surface area contributed by atoms with E-state index < -0.39 is 0 Å². The Balaban J connectivity index is 2.03. The van der Waals surface area contributed by atoms with Gasteiger partial charge in [-0.15, -0.1) is 0 Å². The Hall–Kier alpha value is -2.32. The van der Waals surface area contributed by atoms with Crippen molar-refractivity contribution in [1.82, 2.24) is 0 Å². The minimum atomic E-state index is 0.594. The second kappa shape index (κ2) is 6.42. The minimum Gasteiger partial charge on any atom is -0.496 e. The number of hydrogen-bond donors (Lipinski definition) is 0. The highest BCUT2D eigenvalue weighted by atomic mass is 16.5. The van der Waals surface area contributed by atoms with Gasteiger partial charge in [-0.2, -0.15) is 0 Å².